The summed E-state index contributed by atoms with van der Waals surface area (Å²) in [6.07, 6.45) is 2.90. The minimum Gasteiger partial charge on any atom is -0.508 e. The summed E-state index contributed by atoms with van der Waals surface area (Å²) < 4.78 is 10.5. The standard InChI is InChI=1S/C21H16O5/c1-25-21(24)18-8-3-2-7-17(18)20-12-10-16(26-20)9-11-19(23)14-5-4-6-15(22)13-14/h2-13,22H,1H3/b11-9+. The number of aromatic hydroxyl groups is 1. The van der Waals surface area contributed by atoms with Crippen LogP contribution in [0.5, 0.6) is 5.75 Å². The summed E-state index contributed by atoms with van der Waals surface area (Å²) in [5.74, 6) is 0.287. The van der Waals surface area contributed by atoms with E-state index >= 15 is 0 Å². The molecule has 0 unspecified atom stereocenters. The molecular weight excluding hydrogens is 332 g/mol. The van der Waals surface area contributed by atoms with E-state index in [0.29, 0.717) is 28.2 Å². The van der Waals surface area contributed by atoms with E-state index in [9.17, 15) is 14.7 Å². The lowest BCUT2D eigenvalue weighted by Crippen LogP contribution is -2.02. The molecule has 1 aromatic heterocycles. The van der Waals surface area contributed by atoms with Crippen molar-refractivity contribution in [2.45, 2.75) is 0 Å². The Morgan fingerprint density at radius 1 is 1.04 bits per heavy atom. The van der Waals surface area contributed by atoms with Gasteiger partial charge in [0.15, 0.2) is 5.78 Å². The molecule has 0 saturated heterocycles. The Labute approximate surface area is 150 Å². The fourth-order valence-corrected chi connectivity index (χ4v) is 2.49. The van der Waals surface area contributed by atoms with Gasteiger partial charge in [0.2, 0.25) is 0 Å². The van der Waals surface area contributed by atoms with Crippen LogP contribution in [0.4, 0.5) is 0 Å². The van der Waals surface area contributed by atoms with Gasteiger partial charge in [-0.2, -0.15) is 0 Å². The molecule has 5 nitrogen and oxygen atoms in total. The molecule has 1 heterocycles. The van der Waals surface area contributed by atoms with Gasteiger partial charge in [-0.3, -0.25) is 4.79 Å². The maximum atomic E-state index is 12.1. The van der Waals surface area contributed by atoms with E-state index in [2.05, 4.69) is 0 Å². The van der Waals surface area contributed by atoms with Crippen LogP contribution in [-0.4, -0.2) is 24.0 Å². The Hall–Kier alpha value is -3.60. The number of carbonyl (C=O) groups is 2. The van der Waals surface area contributed by atoms with E-state index in [1.807, 2.05) is 0 Å². The summed E-state index contributed by atoms with van der Waals surface area (Å²) in [6, 6.07) is 16.5. The first-order valence-corrected chi connectivity index (χ1v) is 7.87. The summed E-state index contributed by atoms with van der Waals surface area (Å²) >= 11 is 0. The number of phenols is 1. The highest BCUT2D eigenvalue weighted by atomic mass is 16.5. The van der Waals surface area contributed by atoms with Gasteiger partial charge < -0.3 is 14.3 Å². The maximum absolute atomic E-state index is 12.1. The molecule has 2 aromatic carbocycles. The number of ketones is 1. The first-order chi connectivity index (χ1) is 12.6. The second-order valence-corrected chi connectivity index (χ2v) is 5.49. The third kappa shape index (κ3) is 3.72. The Balaban J connectivity index is 1.83. The molecule has 0 bridgehead atoms. The van der Waals surface area contributed by atoms with E-state index < -0.39 is 5.97 Å². The Bertz CT molecular complexity index is 981. The van der Waals surface area contributed by atoms with E-state index in [-0.39, 0.29) is 11.5 Å². The van der Waals surface area contributed by atoms with Crippen LogP contribution in [0.25, 0.3) is 17.4 Å². The van der Waals surface area contributed by atoms with Crippen molar-refractivity contribution >= 4 is 17.8 Å². The third-order valence-corrected chi connectivity index (χ3v) is 3.75. The Kier molecular flexibility index (Phi) is 4.99. The van der Waals surface area contributed by atoms with Gasteiger partial charge in [-0.25, -0.2) is 4.79 Å². The molecule has 0 aliphatic rings. The monoisotopic (exact) mass is 348 g/mol. The van der Waals surface area contributed by atoms with Gasteiger partial charge in [0.1, 0.15) is 17.3 Å². The molecule has 0 aliphatic heterocycles. The first kappa shape index (κ1) is 17.2. The summed E-state index contributed by atoms with van der Waals surface area (Å²) in [6.45, 7) is 0. The molecule has 0 aliphatic carbocycles. The van der Waals surface area contributed by atoms with Crippen molar-refractivity contribution in [3.05, 3.63) is 83.6 Å². The molecule has 0 saturated carbocycles. The van der Waals surface area contributed by atoms with Crippen molar-refractivity contribution in [3.63, 3.8) is 0 Å². The van der Waals surface area contributed by atoms with Gasteiger partial charge >= 0.3 is 5.97 Å². The number of esters is 1. The van der Waals surface area contributed by atoms with E-state index in [1.165, 1.54) is 31.4 Å². The number of benzene rings is 2. The van der Waals surface area contributed by atoms with Crippen molar-refractivity contribution in [2.75, 3.05) is 7.11 Å². The molecule has 0 atom stereocenters. The first-order valence-electron chi connectivity index (χ1n) is 7.87. The van der Waals surface area contributed by atoms with Gasteiger partial charge in [-0.1, -0.05) is 30.3 Å². The quantitative estimate of drug-likeness (QED) is 0.422. The molecule has 3 aromatic rings. The zero-order valence-electron chi connectivity index (χ0n) is 14.0. The van der Waals surface area contributed by atoms with Crippen molar-refractivity contribution in [2.24, 2.45) is 0 Å². The van der Waals surface area contributed by atoms with Crippen molar-refractivity contribution < 1.29 is 23.8 Å². The van der Waals surface area contributed by atoms with Crippen LogP contribution < -0.4 is 0 Å². The number of rotatable bonds is 5. The molecular formula is C21H16O5. The van der Waals surface area contributed by atoms with E-state index in [1.54, 1.807) is 48.5 Å². The normalized spacial score (nSPS) is 10.8. The fourth-order valence-electron chi connectivity index (χ4n) is 2.49. The van der Waals surface area contributed by atoms with E-state index in [4.69, 9.17) is 9.15 Å². The topological polar surface area (TPSA) is 76.7 Å². The van der Waals surface area contributed by atoms with Crippen LogP contribution in [0.15, 0.2) is 71.2 Å². The summed E-state index contributed by atoms with van der Waals surface area (Å²) in [4.78, 5) is 24.0. The average Bonchev–Trinajstić information content (AvgIpc) is 3.14. The molecule has 130 valence electrons. The predicted molar refractivity (Wildman–Crippen MR) is 97.0 cm³/mol. The maximum Gasteiger partial charge on any atom is 0.338 e. The van der Waals surface area contributed by atoms with Crippen molar-refractivity contribution in [1.29, 1.82) is 0 Å². The number of phenolic OH excluding ortho intramolecular Hbond substituents is 1. The number of furan rings is 1. The smallest absolute Gasteiger partial charge is 0.338 e. The van der Waals surface area contributed by atoms with E-state index in [0.717, 1.165) is 0 Å². The fraction of sp³-hybridized carbons (Fsp3) is 0.0476. The highest BCUT2D eigenvalue weighted by molar-refractivity contribution is 6.06. The highest BCUT2D eigenvalue weighted by Crippen LogP contribution is 2.27. The van der Waals surface area contributed by atoms with Crippen LogP contribution in [0.2, 0.25) is 0 Å². The minimum absolute atomic E-state index is 0.0314. The zero-order valence-corrected chi connectivity index (χ0v) is 14.0. The molecule has 0 amide bonds. The number of carbonyl (C=O) groups excluding carboxylic acids is 2. The summed E-state index contributed by atoms with van der Waals surface area (Å²) in [5.41, 5.74) is 1.39. The lowest BCUT2D eigenvalue weighted by molar-refractivity contribution is 0.0601. The van der Waals surface area contributed by atoms with Gasteiger partial charge in [-0.15, -0.1) is 0 Å². The number of allylic oxidation sites excluding steroid dienone is 1. The summed E-state index contributed by atoms with van der Waals surface area (Å²) in [5, 5.41) is 9.44. The van der Waals surface area contributed by atoms with Crippen molar-refractivity contribution in [3.8, 4) is 17.1 Å². The van der Waals surface area contributed by atoms with Crippen LogP contribution >= 0.6 is 0 Å². The van der Waals surface area contributed by atoms with Gasteiger partial charge in [0.05, 0.1) is 12.7 Å². The number of methoxy groups -OCH3 is 1. The molecule has 3 rings (SSSR count). The molecule has 5 heteroatoms. The molecule has 0 fully saturated rings. The minimum atomic E-state index is -0.451. The molecule has 0 spiro atoms. The van der Waals surface area contributed by atoms with Crippen LogP contribution in [0.1, 0.15) is 26.5 Å². The van der Waals surface area contributed by atoms with Gasteiger partial charge in [0.25, 0.3) is 0 Å². The second-order valence-electron chi connectivity index (χ2n) is 5.49. The predicted octanol–water partition coefficient (Wildman–Crippen LogP) is 4.33. The zero-order chi connectivity index (χ0) is 18.5. The number of hydrogen-bond donors (Lipinski definition) is 1. The lowest BCUT2D eigenvalue weighted by Gasteiger charge is -2.04. The van der Waals surface area contributed by atoms with Crippen LogP contribution in [0.3, 0.4) is 0 Å². The largest absolute Gasteiger partial charge is 0.508 e. The number of ether oxygens (including phenoxy) is 1. The third-order valence-electron chi connectivity index (χ3n) is 3.75. The van der Waals surface area contributed by atoms with Crippen LogP contribution in [-0.2, 0) is 4.74 Å². The summed E-state index contributed by atoms with van der Waals surface area (Å²) in [7, 11) is 1.32. The molecule has 26 heavy (non-hydrogen) atoms. The molecule has 0 radical (unpaired) electrons. The molecule has 1 N–H and O–H groups in total. The number of hydrogen-bond acceptors (Lipinski definition) is 5. The average molecular weight is 348 g/mol. The lowest BCUT2D eigenvalue weighted by atomic mass is 10.1. The van der Waals surface area contributed by atoms with Crippen molar-refractivity contribution in [1.82, 2.24) is 0 Å². The second kappa shape index (κ2) is 7.53. The highest BCUT2D eigenvalue weighted by Gasteiger charge is 2.15. The SMILES string of the molecule is COC(=O)c1ccccc1-c1ccc(/C=C/C(=O)c2cccc(O)c2)o1. The van der Waals surface area contributed by atoms with Gasteiger partial charge in [0, 0.05) is 11.1 Å². The van der Waals surface area contributed by atoms with Gasteiger partial charge in [-0.05, 0) is 42.5 Å². The Morgan fingerprint density at radius 3 is 2.62 bits per heavy atom. The van der Waals surface area contributed by atoms with Crippen LogP contribution in [0, 0.1) is 0 Å². The Morgan fingerprint density at radius 2 is 1.85 bits per heavy atom.